The van der Waals surface area contributed by atoms with Gasteiger partial charge in [0.05, 0.1) is 31.2 Å². The van der Waals surface area contributed by atoms with Gasteiger partial charge in [0, 0.05) is 19.5 Å². The van der Waals surface area contributed by atoms with Crippen LogP contribution in [0.4, 0.5) is 0 Å². The summed E-state index contributed by atoms with van der Waals surface area (Å²) in [6.45, 7) is 0.800. The minimum absolute atomic E-state index is 0.0194. The van der Waals surface area contributed by atoms with Gasteiger partial charge in [0.15, 0.2) is 0 Å². The van der Waals surface area contributed by atoms with Gasteiger partial charge in [-0.1, -0.05) is 0 Å². The molecule has 0 aliphatic heterocycles. The zero-order valence-corrected chi connectivity index (χ0v) is 10.5. The zero-order valence-electron chi connectivity index (χ0n) is 10.5. The van der Waals surface area contributed by atoms with Crippen molar-refractivity contribution in [1.29, 1.82) is 0 Å². The maximum Gasteiger partial charge on any atom is 0.228 e. The number of hydrogen-bond acceptors (Lipinski definition) is 4. The van der Waals surface area contributed by atoms with E-state index in [4.69, 9.17) is 9.84 Å². The third-order valence-electron chi connectivity index (χ3n) is 3.28. The van der Waals surface area contributed by atoms with Crippen LogP contribution in [0.2, 0.25) is 0 Å². The number of hydrogen-bond donors (Lipinski definition) is 2. The molecule has 1 atom stereocenters. The van der Waals surface area contributed by atoms with Gasteiger partial charge in [-0.25, -0.2) is 0 Å². The van der Waals surface area contributed by atoms with Crippen LogP contribution < -0.4 is 5.32 Å². The topological polar surface area (TPSA) is 76.4 Å². The summed E-state index contributed by atoms with van der Waals surface area (Å²) in [4.78, 5) is 12.2. The SMILES string of the molecule is COC[C@H](CO)NC(=O)C1(Cn2cccn2)CC1. The van der Waals surface area contributed by atoms with Crippen LogP contribution in [-0.2, 0) is 16.1 Å². The van der Waals surface area contributed by atoms with E-state index in [1.807, 2.05) is 12.3 Å². The summed E-state index contributed by atoms with van der Waals surface area (Å²) in [5, 5.41) is 16.1. The Bertz CT molecular complexity index is 387. The summed E-state index contributed by atoms with van der Waals surface area (Å²) in [6.07, 6.45) is 5.29. The number of methoxy groups -OCH3 is 1. The van der Waals surface area contributed by atoms with Crippen molar-refractivity contribution in [2.45, 2.75) is 25.4 Å². The fraction of sp³-hybridized carbons (Fsp3) is 0.667. The molecule has 0 saturated heterocycles. The van der Waals surface area contributed by atoms with Crippen LogP contribution in [0.3, 0.4) is 0 Å². The number of amides is 1. The Kier molecular flexibility index (Phi) is 3.98. The fourth-order valence-electron chi connectivity index (χ4n) is 1.99. The maximum absolute atomic E-state index is 12.2. The van der Waals surface area contributed by atoms with Crippen LogP contribution in [0, 0.1) is 5.41 Å². The number of rotatable bonds is 7. The third-order valence-corrected chi connectivity index (χ3v) is 3.28. The van der Waals surface area contributed by atoms with Crippen molar-refractivity contribution in [1.82, 2.24) is 15.1 Å². The van der Waals surface area contributed by atoms with Gasteiger partial charge in [0.1, 0.15) is 0 Å². The van der Waals surface area contributed by atoms with E-state index >= 15 is 0 Å². The summed E-state index contributed by atoms with van der Waals surface area (Å²) in [6, 6.07) is 1.51. The summed E-state index contributed by atoms with van der Waals surface area (Å²) >= 11 is 0. The number of aliphatic hydroxyl groups excluding tert-OH is 1. The molecule has 0 spiro atoms. The van der Waals surface area contributed by atoms with Crippen molar-refractivity contribution in [3.05, 3.63) is 18.5 Å². The van der Waals surface area contributed by atoms with E-state index in [1.54, 1.807) is 18.0 Å². The van der Waals surface area contributed by atoms with Crippen molar-refractivity contribution in [2.24, 2.45) is 5.41 Å². The van der Waals surface area contributed by atoms with Crippen LogP contribution in [0.25, 0.3) is 0 Å². The number of carbonyl (C=O) groups is 1. The molecule has 0 radical (unpaired) electrons. The highest BCUT2D eigenvalue weighted by Gasteiger charge is 2.50. The molecule has 0 bridgehead atoms. The molecule has 1 aliphatic rings. The van der Waals surface area contributed by atoms with E-state index in [2.05, 4.69) is 10.4 Å². The van der Waals surface area contributed by atoms with E-state index in [0.29, 0.717) is 13.2 Å². The van der Waals surface area contributed by atoms with Gasteiger partial charge in [-0.2, -0.15) is 5.10 Å². The maximum atomic E-state index is 12.2. The first-order chi connectivity index (χ1) is 8.70. The minimum Gasteiger partial charge on any atom is -0.394 e. The molecule has 2 N–H and O–H groups in total. The molecule has 6 nitrogen and oxygen atoms in total. The Hall–Kier alpha value is -1.40. The van der Waals surface area contributed by atoms with E-state index in [0.717, 1.165) is 12.8 Å². The van der Waals surface area contributed by atoms with Gasteiger partial charge in [0.2, 0.25) is 5.91 Å². The second kappa shape index (κ2) is 5.49. The lowest BCUT2D eigenvalue weighted by atomic mass is 10.1. The van der Waals surface area contributed by atoms with E-state index in [-0.39, 0.29) is 24.0 Å². The van der Waals surface area contributed by atoms with Crippen molar-refractivity contribution in [3.8, 4) is 0 Å². The second-order valence-electron chi connectivity index (χ2n) is 4.79. The number of ether oxygens (including phenoxy) is 1. The molecule has 18 heavy (non-hydrogen) atoms. The molecule has 1 fully saturated rings. The molecule has 1 aliphatic carbocycles. The molecular weight excluding hydrogens is 234 g/mol. The molecule has 2 rings (SSSR count). The van der Waals surface area contributed by atoms with Crippen LogP contribution >= 0.6 is 0 Å². The predicted octanol–water partition coefficient (Wildman–Crippen LogP) is -0.213. The largest absolute Gasteiger partial charge is 0.394 e. The number of nitrogens with zero attached hydrogens (tertiary/aromatic N) is 2. The first-order valence-electron chi connectivity index (χ1n) is 6.08. The summed E-state index contributed by atoms with van der Waals surface area (Å²) in [5.41, 5.74) is -0.354. The van der Waals surface area contributed by atoms with E-state index in [9.17, 15) is 4.79 Å². The van der Waals surface area contributed by atoms with E-state index < -0.39 is 0 Å². The van der Waals surface area contributed by atoms with Crippen molar-refractivity contribution in [2.75, 3.05) is 20.3 Å². The monoisotopic (exact) mass is 253 g/mol. The van der Waals surface area contributed by atoms with Gasteiger partial charge in [-0.05, 0) is 18.9 Å². The first-order valence-corrected chi connectivity index (χ1v) is 6.08. The smallest absolute Gasteiger partial charge is 0.228 e. The molecule has 1 aromatic heterocycles. The molecule has 0 unspecified atom stereocenters. The quantitative estimate of drug-likeness (QED) is 0.705. The summed E-state index contributed by atoms with van der Waals surface area (Å²) < 4.78 is 6.72. The number of aliphatic hydroxyl groups is 1. The standard InChI is InChI=1S/C12H19N3O3/c1-18-8-10(7-16)14-11(17)12(3-4-12)9-15-6-2-5-13-15/h2,5-6,10,16H,3-4,7-9H2,1H3,(H,14,17)/t10-/m0/s1. The molecule has 100 valence electrons. The Morgan fingerprint density at radius 2 is 2.44 bits per heavy atom. The van der Waals surface area contributed by atoms with Crippen molar-refractivity contribution >= 4 is 5.91 Å². The normalized spacial score (nSPS) is 18.3. The second-order valence-corrected chi connectivity index (χ2v) is 4.79. The van der Waals surface area contributed by atoms with Gasteiger partial charge >= 0.3 is 0 Å². The molecule has 1 saturated carbocycles. The molecule has 1 heterocycles. The number of carbonyl (C=O) groups excluding carboxylic acids is 1. The minimum atomic E-state index is -0.354. The highest BCUT2D eigenvalue weighted by Crippen LogP contribution is 2.47. The zero-order chi connectivity index (χ0) is 13.0. The molecular formula is C12H19N3O3. The Morgan fingerprint density at radius 1 is 1.67 bits per heavy atom. The average molecular weight is 253 g/mol. The summed E-state index contributed by atoms with van der Waals surface area (Å²) in [5.74, 6) is -0.0194. The van der Waals surface area contributed by atoms with Gasteiger partial charge in [-0.15, -0.1) is 0 Å². The predicted molar refractivity (Wildman–Crippen MR) is 64.8 cm³/mol. The highest BCUT2D eigenvalue weighted by atomic mass is 16.5. The molecule has 6 heteroatoms. The van der Waals surface area contributed by atoms with Crippen LogP contribution in [0.1, 0.15) is 12.8 Å². The van der Waals surface area contributed by atoms with Gasteiger partial charge in [0.25, 0.3) is 0 Å². The van der Waals surface area contributed by atoms with Gasteiger partial charge < -0.3 is 15.2 Å². The summed E-state index contributed by atoms with van der Waals surface area (Å²) in [7, 11) is 1.55. The number of aromatic nitrogens is 2. The fourth-order valence-corrected chi connectivity index (χ4v) is 1.99. The third kappa shape index (κ3) is 2.88. The van der Waals surface area contributed by atoms with Crippen molar-refractivity contribution < 1.29 is 14.6 Å². The lowest BCUT2D eigenvalue weighted by Gasteiger charge is -2.20. The Morgan fingerprint density at radius 3 is 2.94 bits per heavy atom. The molecule has 1 amide bonds. The first kappa shape index (κ1) is 13.0. The Labute approximate surface area is 106 Å². The lowest BCUT2D eigenvalue weighted by Crippen LogP contribution is -2.45. The molecule has 0 aromatic carbocycles. The number of nitrogens with one attached hydrogen (secondary N) is 1. The van der Waals surface area contributed by atoms with Crippen LogP contribution in [-0.4, -0.2) is 47.2 Å². The van der Waals surface area contributed by atoms with Crippen LogP contribution in [0.5, 0.6) is 0 Å². The highest BCUT2D eigenvalue weighted by molar-refractivity contribution is 5.85. The average Bonchev–Trinajstić information content (AvgIpc) is 2.96. The van der Waals surface area contributed by atoms with E-state index in [1.165, 1.54) is 0 Å². The Balaban J connectivity index is 1.91. The lowest BCUT2D eigenvalue weighted by molar-refractivity contribution is -0.128. The molecule has 1 aromatic rings. The van der Waals surface area contributed by atoms with Gasteiger partial charge in [-0.3, -0.25) is 9.48 Å². The van der Waals surface area contributed by atoms with Crippen LogP contribution in [0.15, 0.2) is 18.5 Å². The van der Waals surface area contributed by atoms with Crippen molar-refractivity contribution in [3.63, 3.8) is 0 Å².